The molecule has 0 bridgehead atoms. The van der Waals surface area contributed by atoms with Crippen molar-refractivity contribution in [1.82, 2.24) is 29.9 Å². The summed E-state index contributed by atoms with van der Waals surface area (Å²) >= 11 is 14.1. The van der Waals surface area contributed by atoms with Gasteiger partial charge in [0, 0.05) is 78.4 Å². The molecule has 1 fully saturated rings. The summed E-state index contributed by atoms with van der Waals surface area (Å²) in [4.78, 5) is 59.6. The van der Waals surface area contributed by atoms with Crippen molar-refractivity contribution >= 4 is 46.8 Å². The molecule has 2 aromatic carbocycles. The van der Waals surface area contributed by atoms with Gasteiger partial charge in [0.15, 0.2) is 0 Å². The van der Waals surface area contributed by atoms with Crippen LogP contribution < -0.4 is 20.9 Å². The number of hydrogen-bond donors (Lipinski definition) is 4. The number of amides is 2. The van der Waals surface area contributed by atoms with Crippen LogP contribution in [-0.2, 0) is 27.4 Å². The van der Waals surface area contributed by atoms with Gasteiger partial charge in [0.2, 0.25) is 11.8 Å². The van der Waals surface area contributed by atoms with E-state index >= 15 is 4.39 Å². The Hall–Kier alpha value is -5.61. The first-order valence-corrected chi connectivity index (χ1v) is 19.5. The zero-order valence-corrected chi connectivity index (χ0v) is 34.2. The Morgan fingerprint density at radius 2 is 1.75 bits per heavy atom. The number of halogens is 3. The van der Waals surface area contributed by atoms with Gasteiger partial charge in [-0.2, -0.15) is 0 Å². The molecule has 1 saturated heterocycles. The average Bonchev–Trinajstić information content (AvgIpc) is 3.59. The molecule has 0 spiro atoms. The maximum Gasteiger partial charge on any atom is 0.410 e. The number of methoxy groups -OCH3 is 1. The number of hydrogen-bond acceptors (Lipinski definition) is 10. The van der Waals surface area contributed by atoms with Crippen molar-refractivity contribution in [2.75, 3.05) is 20.2 Å². The van der Waals surface area contributed by atoms with Gasteiger partial charge < -0.3 is 35.2 Å². The van der Waals surface area contributed by atoms with Crippen molar-refractivity contribution in [3.8, 4) is 39.4 Å². The Balaban J connectivity index is 1.27. The van der Waals surface area contributed by atoms with Crippen molar-refractivity contribution in [2.45, 2.75) is 70.9 Å². The third kappa shape index (κ3) is 10.2. The molecule has 14 nitrogen and oxygen atoms in total. The number of aromatic nitrogens is 3. The maximum atomic E-state index is 16.2. The van der Waals surface area contributed by atoms with Gasteiger partial charge in [-0.15, -0.1) is 0 Å². The summed E-state index contributed by atoms with van der Waals surface area (Å²) in [6.45, 7) is 5.11. The summed E-state index contributed by atoms with van der Waals surface area (Å²) in [5.41, 5.74) is 2.51. The van der Waals surface area contributed by atoms with Gasteiger partial charge in [0.05, 0.1) is 47.5 Å². The Labute approximate surface area is 348 Å². The number of aliphatic carboxylic acids is 1. The second kappa shape index (κ2) is 18.1. The lowest BCUT2D eigenvalue weighted by Gasteiger charge is -2.29. The first-order chi connectivity index (χ1) is 28.0. The first-order valence-electron chi connectivity index (χ1n) is 18.7. The van der Waals surface area contributed by atoms with E-state index in [-0.39, 0.29) is 65.8 Å². The van der Waals surface area contributed by atoms with Crippen molar-refractivity contribution in [1.29, 1.82) is 0 Å². The number of rotatable bonds is 14. The number of carbonyl (C=O) groups excluding carboxylic acids is 2. The van der Waals surface area contributed by atoms with E-state index in [9.17, 15) is 24.3 Å². The predicted molar refractivity (Wildman–Crippen MR) is 220 cm³/mol. The molecule has 4 heterocycles. The molecule has 2 atom stereocenters. The third-order valence-corrected chi connectivity index (χ3v) is 10.3. The molecule has 2 amide bonds. The monoisotopic (exact) mass is 848 g/mol. The number of carboxylic acid groups (broad SMARTS) is 1. The molecule has 0 unspecified atom stereocenters. The van der Waals surface area contributed by atoms with Crippen LogP contribution in [0.1, 0.15) is 51.2 Å². The number of ether oxygens (including phenoxy) is 2. The molecular weight excluding hydrogens is 806 g/mol. The van der Waals surface area contributed by atoms with Crippen LogP contribution in [0.5, 0.6) is 5.88 Å². The van der Waals surface area contributed by atoms with Gasteiger partial charge >= 0.3 is 12.1 Å². The summed E-state index contributed by atoms with van der Waals surface area (Å²) in [6, 6.07) is 15.0. The fourth-order valence-corrected chi connectivity index (χ4v) is 7.38. The topological polar surface area (TPSA) is 185 Å². The SMILES string of the molecule is COc1nc(-c2cccc(-c3cccc(-c4ccn5c(=O)c(CNC[C@@H](O)CC(=O)O)cnc5c4)c3Cl)c2Cl)cc(F)c1CN(C[C@@H]1CCC(=O)N1)C(=O)OC(C)(C)C. The van der Waals surface area contributed by atoms with E-state index in [1.165, 1.54) is 28.7 Å². The summed E-state index contributed by atoms with van der Waals surface area (Å²) in [5.74, 6) is -2.01. The molecule has 1 aliphatic rings. The van der Waals surface area contributed by atoms with Crippen LogP contribution in [0.15, 0.2) is 71.8 Å². The van der Waals surface area contributed by atoms with Crippen LogP contribution in [0.25, 0.3) is 39.2 Å². The van der Waals surface area contributed by atoms with Crippen molar-refractivity contribution in [2.24, 2.45) is 0 Å². The highest BCUT2D eigenvalue weighted by atomic mass is 35.5. The first kappa shape index (κ1) is 43.0. The van der Waals surface area contributed by atoms with E-state index in [2.05, 4.69) is 20.6 Å². The molecule has 310 valence electrons. The number of nitrogens with zero attached hydrogens (tertiary/aromatic N) is 4. The highest BCUT2D eigenvalue weighted by molar-refractivity contribution is 6.39. The minimum atomic E-state index is -1.13. The van der Waals surface area contributed by atoms with Gasteiger partial charge in [0.1, 0.15) is 17.1 Å². The second-order valence-electron chi connectivity index (χ2n) is 15.1. The zero-order valence-electron chi connectivity index (χ0n) is 32.7. The highest BCUT2D eigenvalue weighted by Gasteiger charge is 2.31. The number of carboxylic acids is 1. The van der Waals surface area contributed by atoms with Gasteiger partial charge in [-0.25, -0.2) is 19.2 Å². The molecule has 4 N–H and O–H groups in total. The highest BCUT2D eigenvalue weighted by Crippen LogP contribution is 2.43. The van der Waals surface area contributed by atoms with E-state index in [4.69, 9.17) is 37.8 Å². The number of nitrogens with one attached hydrogen (secondary N) is 2. The number of aliphatic hydroxyl groups is 1. The fraction of sp³-hybridized carbons (Fsp3) is 0.333. The van der Waals surface area contributed by atoms with Crippen LogP contribution in [0, 0.1) is 5.82 Å². The van der Waals surface area contributed by atoms with Crippen LogP contribution in [0.3, 0.4) is 0 Å². The summed E-state index contributed by atoms with van der Waals surface area (Å²) < 4.78 is 28.7. The van der Waals surface area contributed by atoms with Crippen LogP contribution in [0.2, 0.25) is 10.0 Å². The van der Waals surface area contributed by atoms with Gasteiger partial charge in [-0.05, 0) is 44.9 Å². The fourth-order valence-electron chi connectivity index (χ4n) is 6.72. The van der Waals surface area contributed by atoms with Gasteiger partial charge in [0.25, 0.3) is 5.56 Å². The lowest BCUT2D eigenvalue weighted by Crippen LogP contribution is -2.44. The molecule has 0 radical (unpaired) electrons. The molecular formula is C42H43Cl2FN6O8. The summed E-state index contributed by atoms with van der Waals surface area (Å²) in [7, 11) is 1.35. The minimum Gasteiger partial charge on any atom is -0.481 e. The van der Waals surface area contributed by atoms with E-state index in [0.717, 1.165) is 0 Å². The molecule has 5 aromatic rings. The summed E-state index contributed by atoms with van der Waals surface area (Å²) in [6.07, 6.45) is 1.65. The van der Waals surface area contributed by atoms with Crippen LogP contribution in [-0.4, -0.2) is 85.4 Å². The molecule has 6 rings (SSSR count). The smallest absolute Gasteiger partial charge is 0.410 e. The summed E-state index contributed by atoms with van der Waals surface area (Å²) in [5, 5.41) is 25.0. The zero-order chi connectivity index (χ0) is 42.6. The van der Waals surface area contributed by atoms with E-state index in [0.29, 0.717) is 56.9 Å². The molecule has 1 aliphatic heterocycles. The molecule has 17 heteroatoms. The standard InChI is InChI=1S/C42H43Cl2FN6O8/c1-42(2,3)59-41(57)50(21-25-11-12-35(53)48-25)22-31-32(45)17-33(49-39(31)58-4)30-10-6-9-29(38(30)44)28-8-5-7-27(37(28)43)23-13-14-51-34(15-23)47-19-24(40(51)56)18-46-20-26(52)16-36(54)55/h5-10,13-15,17,19,25-26,46,52H,11-12,16,18,20-22H2,1-4H3,(H,48,53)(H,54,55)/t25-,26-/m0/s1. The van der Waals surface area contributed by atoms with Crippen molar-refractivity contribution in [3.05, 3.63) is 104 Å². The lowest BCUT2D eigenvalue weighted by molar-refractivity contribution is -0.139. The van der Waals surface area contributed by atoms with Gasteiger partial charge in [-0.3, -0.25) is 18.8 Å². The number of fused-ring (bicyclic) bond motifs is 1. The van der Waals surface area contributed by atoms with E-state index in [1.807, 2.05) is 6.07 Å². The lowest BCUT2D eigenvalue weighted by atomic mass is 9.97. The minimum absolute atomic E-state index is 0.0106. The quantitative estimate of drug-likeness (QED) is 0.0959. The van der Waals surface area contributed by atoms with Crippen molar-refractivity contribution < 1.29 is 38.5 Å². The predicted octanol–water partition coefficient (Wildman–Crippen LogP) is 6.49. The number of carbonyl (C=O) groups is 3. The molecule has 0 aliphatic carbocycles. The Morgan fingerprint density at radius 1 is 1.07 bits per heavy atom. The molecule has 59 heavy (non-hydrogen) atoms. The average molecular weight is 850 g/mol. The Kier molecular flexibility index (Phi) is 13.2. The molecule has 3 aromatic heterocycles. The number of pyridine rings is 2. The largest absolute Gasteiger partial charge is 0.481 e. The number of aliphatic hydroxyl groups excluding tert-OH is 1. The number of benzene rings is 2. The van der Waals surface area contributed by atoms with Crippen LogP contribution >= 0.6 is 23.2 Å². The molecule has 0 saturated carbocycles. The normalized spacial score (nSPS) is 14.6. The third-order valence-electron chi connectivity index (χ3n) is 9.51. The Morgan fingerprint density at radius 3 is 2.39 bits per heavy atom. The van der Waals surface area contributed by atoms with Crippen molar-refractivity contribution in [3.63, 3.8) is 0 Å². The Bertz CT molecular complexity index is 2480. The van der Waals surface area contributed by atoms with E-state index in [1.54, 1.807) is 69.4 Å². The second-order valence-corrected chi connectivity index (χ2v) is 15.8. The van der Waals surface area contributed by atoms with Gasteiger partial charge in [-0.1, -0.05) is 59.6 Å². The van der Waals surface area contributed by atoms with E-state index < -0.39 is 36.0 Å². The maximum absolute atomic E-state index is 16.2. The van der Waals surface area contributed by atoms with Crippen LogP contribution in [0.4, 0.5) is 9.18 Å².